The van der Waals surface area contributed by atoms with E-state index in [1.54, 1.807) is 35.6 Å². The number of halogens is 1. The quantitative estimate of drug-likeness (QED) is 0.331. The predicted octanol–water partition coefficient (Wildman–Crippen LogP) is 4.95. The highest BCUT2D eigenvalue weighted by Crippen LogP contribution is 2.40. The summed E-state index contributed by atoms with van der Waals surface area (Å²) in [6, 6.07) is 7.25. The van der Waals surface area contributed by atoms with E-state index in [0.29, 0.717) is 63.0 Å². The van der Waals surface area contributed by atoms with Crippen molar-refractivity contribution in [2.75, 3.05) is 25.6 Å². The minimum Gasteiger partial charge on any atom is -0.493 e. The Labute approximate surface area is 209 Å². The van der Waals surface area contributed by atoms with E-state index in [-0.39, 0.29) is 17.8 Å². The third-order valence-corrected chi connectivity index (χ3v) is 7.16. The lowest BCUT2D eigenvalue weighted by molar-refractivity contribution is -0.0773. The smallest absolute Gasteiger partial charge is 0.166 e. The molecule has 1 N–H and O–H groups in total. The first-order chi connectivity index (χ1) is 17.5. The Kier molecular flexibility index (Phi) is 5.65. The molecule has 36 heavy (non-hydrogen) atoms. The number of nitrogens with one attached hydrogen (secondary N) is 1. The van der Waals surface area contributed by atoms with Crippen LogP contribution in [0, 0.1) is 11.7 Å². The highest BCUT2D eigenvalue weighted by atomic mass is 32.1. The number of nitrogens with zero attached hydrogens (tertiary/aromatic N) is 5. The maximum atomic E-state index is 15.2. The van der Waals surface area contributed by atoms with E-state index in [4.69, 9.17) is 14.2 Å². The minimum atomic E-state index is -0.376. The Balaban J connectivity index is 1.49. The average molecular weight is 507 g/mol. The number of aryl methyl sites for hydroxylation is 1. The van der Waals surface area contributed by atoms with E-state index < -0.39 is 0 Å². The van der Waals surface area contributed by atoms with Gasteiger partial charge in [-0.25, -0.2) is 19.3 Å². The lowest BCUT2D eigenvalue weighted by Gasteiger charge is -2.32. The van der Waals surface area contributed by atoms with Crippen LogP contribution in [-0.2, 0) is 11.8 Å². The largest absolute Gasteiger partial charge is 0.493 e. The van der Waals surface area contributed by atoms with Crippen molar-refractivity contribution in [2.24, 2.45) is 13.0 Å². The van der Waals surface area contributed by atoms with Gasteiger partial charge in [0.15, 0.2) is 11.6 Å². The fraction of sp³-hybridized carbons (Fsp3) is 0.280. The van der Waals surface area contributed by atoms with Gasteiger partial charge in [0.2, 0.25) is 0 Å². The zero-order valence-corrected chi connectivity index (χ0v) is 20.7. The Morgan fingerprint density at radius 1 is 1.17 bits per heavy atom. The van der Waals surface area contributed by atoms with Crippen LogP contribution in [0.2, 0.25) is 0 Å². The van der Waals surface area contributed by atoms with Gasteiger partial charge in [-0.1, -0.05) is 0 Å². The van der Waals surface area contributed by atoms with Crippen LogP contribution < -0.4 is 14.8 Å². The Bertz CT molecular complexity index is 1580. The molecule has 6 rings (SSSR count). The molecule has 2 aromatic carbocycles. The zero-order chi connectivity index (χ0) is 24.8. The van der Waals surface area contributed by atoms with Crippen LogP contribution in [0.5, 0.6) is 11.5 Å². The summed E-state index contributed by atoms with van der Waals surface area (Å²) >= 11 is 1.25. The molecule has 9 nitrogen and oxygen atoms in total. The third kappa shape index (κ3) is 3.90. The molecule has 4 heterocycles. The Morgan fingerprint density at radius 2 is 2.03 bits per heavy atom. The van der Waals surface area contributed by atoms with Gasteiger partial charge in [-0.15, -0.1) is 11.3 Å². The summed E-state index contributed by atoms with van der Waals surface area (Å²) in [5.74, 6) is 1.54. The second-order valence-electron chi connectivity index (χ2n) is 8.68. The molecule has 5 aromatic rings. The topological polar surface area (TPSA) is 96.2 Å². The van der Waals surface area contributed by atoms with Crippen molar-refractivity contribution < 1.29 is 18.6 Å². The van der Waals surface area contributed by atoms with E-state index >= 15 is 4.39 Å². The summed E-state index contributed by atoms with van der Waals surface area (Å²) in [4.78, 5) is 13.1. The van der Waals surface area contributed by atoms with Crippen molar-refractivity contribution in [2.45, 2.75) is 13.0 Å². The van der Waals surface area contributed by atoms with Gasteiger partial charge in [-0.3, -0.25) is 4.68 Å². The number of ether oxygens (including phenoxy) is 3. The molecule has 1 aliphatic heterocycles. The van der Waals surface area contributed by atoms with Gasteiger partial charge in [0.1, 0.15) is 29.7 Å². The fourth-order valence-electron chi connectivity index (χ4n) is 4.24. The summed E-state index contributed by atoms with van der Waals surface area (Å²) in [6.07, 6.45) is 3.14. The van der Waals surface area contributed by atoms with E-state index in [1.165, 1.54) is 17.7 Å². The number of rotatable bonds is 7. The molecule has 0 aliphatic carbocycles. The zero-order valence-electron chi connectivity index (χ0n) is 19.9. The molecule has 1 unspecified atom stereocenters. The van der Waals surface area contributed by atoms with Crippen LogP contribution in [0.15, 0.2) is 42.3 Å². The third-order valence-electron chi connectivity index (χ3n) is 6.32. The van der Waals surface area contributed by atoms with Gasteiger partial charge in [0.05, 0.1) is 58.8 Å². The highest BCUT2D eigenvalue weighted by Gasteiger charge is 2.28. The summed E-state index contributed by atoms with van der Waals surface area (Å²) in [5.41, 5.74) is 4.63. The average Bonchev–Trinajstić information content (AvgIpc) is 3.46. The molecule has 1 fully saturated rings. The van der Waals surface area contributed by atoms with Gasteiger partial charge in [-0.2, -0.15) is 5.10 Å². The highest BCUT2D eigenvalue weighted by molar-refractivity contribution is 7.16. The fourth-order valence-corrected chi connectivity index (χ4v) is 4.96. The van der Waals surface area contributed by atoms with Crippen molar-refractivity contribution in [3.8, 4) is 22.8 Å². The molecule has 0 spiro atoms. The molecule has 1 saturated heterocycles. The number of hydrogen-bond donors (Lipinski definition) is 1. The number of fused-ring (bicyclic) bond motifs is 2. The van der Waals surface area contributed by atoms with Gasteiger partial charge >= 0.3 is 0 Å². The SMILES string of the molecule is COc1cn(C)nc1-c1cc(OC(C)C2COC2)c2c(Nc3ccc4ncsc4c3F)ncnc2c1. The Morgan fingerprint density at radius 3 is 2.81 bits per heavy atom. The maximum absolute atomic E-state index is 15.2. The normalized spacial score (nSPS) is 14.7. The molecule has 1 atom stereocenters. The first-order valence-corrected chi connectivity index (χ1v) is 12.3. The van der Waals surface area contributed by atoms with E-state index in [9.17, 15) is 0 Å². The lowest BCUT2D eigenvalue weighted by atomic mass is 10.0. The molecule has 0 radical (unpaired) electrons. The van der Waals surface area contributed by atoms with Crippen LogP contribution >= 0.6 is 11.3 Å². The minimum absolute atomic E-state index is 0.110. The molecule has 0 saturated carbocycles. The first kappa shape index (κ1) is 22.6. The summed E-state index contributed by atoms with van der Waals surface area (Å²) in [7, 11) is 3.44. The molecule has 11 heteroatoms. The standard InChI is InChI=1S/C25H23FN6O3S/c1-13(15-9-34-10-15)35-19-7-14(23-20(33-3)8-32(2)31-23)6-18-21(19)25(28-11-27-18)30-16-4-5-17-24(22(16)26)36-12-29-17/h4-8,11-13,15H,9-10H2,1-3H3,(H,27,28,30). The van der Waals surface area contributed by atoms with Crippen molar-refractivity contribution in [1.82, 2.24) is 24.7 Å². The number of benzene rings is 2. The van der Waals surface area contributed by atoms with Crippen molar-refractivity contribution >= 4 is 44.0 Å². The predicted molar refractivity (Wildman–Crippen MR) is 136 cm³/mol. The Hall–Kier alpha value is -3.83. The molecule has 0 bridgehead atoms. The van der Waals surface area contributed by atoms with Crippen LogP contribution in [-0.4, -0.2) is 51.2 Å². The number of anilines is 2. The molecule has 1 aliphatic rings. The van der Waals surface area contributed by atoms with Crippen LogP contribution in [0.3, 0.4) is 0 Å². The number of thiazole rings is 1. The molecular weight excluding hydrogens is 483 g/mol. The van der Waals surface area contributed by atoms with Crippen molar-refractivity contribution in [1.29, 1.82) is 0 Å². The summed E-state index contributed by atoms with van der Waals surface area (Å²) < 4.78 is 34.8. The first-order valence-electron chi connectivity index (χ1n) is 11.4. The van der Waals surface area contributed by atoms with Crippen molar-refractivity contribution in [3.05, 3.63) is 48.1 Å². The van der Waals surface area contributed by atoms with E-state index in [1.807, 2.05) is 26.1 Å². The molecule has 0 amide bonds. The van der Waals surface area contributed by atoms with Crippen molar-refractivity contribution in [3.63, 3.8) is 0 Å². The summed E-state index contributed by atoms with van der Waals surface area (Å²) in [5, 5.41) is 8.37. The number of hydrogen-bond acceptors (Lipinski definition) is 9. The second-order valence-corrected chi connectivity index (χ2v) is 9.54. The second kappa shape index (κ2) is 8.99. The number of aromatic nitrogens is 5. The van der Waals surface area contributed by atoms with Gasteiger partial charge < -0.3 is 19.5 Å². The molecule has 3 aromatic heterocycles. The summed E-state index contributed by atoms with van der Waals surface area (Å²) in [6.45, 7) is 3.31. The van der Waals surface area contributed by atoms with E-state index in [0.717, 1.165) is 5.56 Å². The lowest BCUT2D eigenvalue weighted by Crippen LogP contribution is -2.39. The monoisotopic (exact) mass is 506 g/mol. The number of methoxy groups -OCH3 is 1. The van der Waals surface area contributed by atoms with Crippen LogP contribution in [0.25, 0.3) is 32.4 Å². The maximum Gasteiger partial charge on any atom is 0.166 e. The van der Waals surface area contributed by atoms with Gasteiger partial charge in [0.25, 0.3) is 0 Å². The van der Waals surface area contributed by atoms with Crippen LogP contribution in [0.4, 0.5) is 15.9 Å². The van der Waals surface area contributed by atoms with Gasteiger partial charge in [-0.05, 0) is 31.2 Å². The molecular formula is C25H23FN6O3S. The molecule has 184 valence electrons. The van der Waals surface area contributed by atoms with Crippen LogP contribution in [0.1, 0.15) is 6.92 Å². The van der Waals surface area contributed by atoms with E-state index in [2.05, 4.69) is 25.4 Å². The van der Waals surface area contributed by atoms with Gasteiger partial charge in [0, 0.05) is 18.5 Å².